The van der Waals surface area contributed by atoms with Crippen molar-refractivity contribution < 1.29 is 4.79 Å². The molecule has 3 heteroatoms. The Morgan fingerprint density at radius 1 is 1.25 bits per heavy atom. The molecule has 20 heavy (non-hydrogen) atoms. The van der Waals surface area contributed by atoms with E-state index >= 15 is 0 Å². The minimum absolute atomic E-state index is 0.139. The van der Waals surface area contributed by atoms with Gasteiger partial charge in [-0.1, -0.05) is 24.3 Å². The first-order valence-corrected chi connectivity index (χ1v) is 7.33. The molecule has 2 rings (SSSR count). The lowest BCUT2D eigenvalue weighted by Crippen LogP contribution is -2.23. The summed E-state index contributed by atoms with van der Waals surface area (Å²) in [6.07, 6.45) is 8.69. The van der Waals surface area contributed by atoms with Crippen molar-refractivity contribution in [2.24, 2.45) is 5.92 Å². The predicted molar refractivity (Wildman–Crippen MR) is 83.8 cm³/mol. The van der Waals surface area contributed by atoms with Crippen LogP contribution >= 0.6 is 0 Å². The molecular weight excluding hydrogens is 248 g/mol. The molecule has 1 aromatic carbocycles. The molecule has 1 unspecified atom stereocenters. The van der Waals surface area contributed by atoms with Gasteiger partial charge in [0, 0.05) is 26.3 Å². The molecule has 1 atom stereocenters. The third-order valence-electron chi connectivity index (χ3n) is 3.78. The monoisotopic (exact) mass is 272 g/mol. The smallest absolute Gasteiger partial charge is 0.226 e. The first-order valence-electron chi connectivity index (χ1n) is 7.33. The van der Waals surface area contributed by atoms with Gasteiger partial charge in [0.05, 0.1) is 6.42 Å². The van der Waals surface area contributed by atoms with Crippen LogP contribution in [0.2, 0.25) is 0 Å². The fourth-order valence-corrected chi connectivity index (χ4v) is 2.38. The summed E-state index contributed by atoms with van der Waals surface area (Å²) in [6.45, 7) is 1.03. The molecule has 0 radical (unpaired) electrons. The van der Waals surface area contributed by atoms with Gasteiger partial charge in [-0.15, -0.1) is 0 Å². The molecule has 0 saturated heterocycles. The summed E-state index contributed by atoms with van der Waals surface area (Å²) in [5.41, 5.74) is 2.20. The highest BCUT2D eigenvalue weighted by Gasteiger charge is 2.09. The van der Waals surface area contributed by atoms with Crippen LogP contribution in [0.25, 0.3) is 0 Å². The maximum absolute atomic E-state index is 11.6. The Balaban J connectivity index is 1.82. The number of nitrogens with zero attached hydrogens (tertiary/aromatic N) is 1. The minimum atomic E-state index is 0.139. The number of carbonyl (C=O) groups excluding carboxylic acids is 1. The maximum Gasteiger partial charge on any atom is 0.226 e. The summed E-state index contributed by atoms with van der Waals surface area (Å²) in [7, 11) is 3.58. The number of anilines is 1. The number of hydrogen-bond acceptors (Lipinski definition) is 2. The van der Waals surface area contributed by atoms with E-state index in [0.717, 1.165) is 23.7 Å². The number of allylic oxidation sites excluding steroid dienone is 2. The Hall–Kier alpha value is -1.77. The molecule has 0 aliphatic heterocycles. The van der Waals surface area contributed by atoms with Gasteiger partial charge >= 0.3 is 0 Å². The van der Waals surface area contributed by atoms with Gasteiger partial charge in [0.25, 0.3) is 0 Å². The Morgan fingerprint density at radius 3 is 2.60 bits per heavy atom. The Kier molecular flexibility index (Phi) is 5.22. The lowest BCUT2D eigenvalue weighted by molar-refractivity contribution is -0.127. The number of rotatable bonds is 5. The van der Waals surface area contributed by atoms with E-state index in [9.17, 15) is 4.79 Å². The van der Waals surface area contributed by atoms with Gasteiger partial charge in [-0.3, -0.25) is 4.79 Å². The van der Waals surface area contributed by atoms with E-state index in [1.165, 1.54) is 19.3 Å². The largest absolute Gasteiger partial charge is 0.385 e. The van der Waals surface area contributed by atoms with Crippen molar-refractivity contribution >= 4 is 11.6 Å². The van der Waals surface area contributed by atoms with Crippen molar-refractivity contribution in [1.82, 2.24) is 4.90 Å². The van der Waals surface area contributed by atoms with E-state index in [2.05, 4.69) is 29.6 Å². The molecule has 0 heterocycles. The Labute approximate surface area is 121 Å². The normalized spacial score (nSPS) is 17.8. The summed E-state index contributed by atoms with van der Waals surface area (Å²) >= 11 is 0. The fraction of sp³-hybridized carbons (Fsp3) is 0.471. The molecule has 1 N–H and O–H groups in total. The molecule has 0 fully saturated rings. The van der Waals surface area contributed by atoms with Crippen molar-refractivity contribution in [2.45, 2.75) is 25.7 Å². The minimum Gasteiger partial charge on any atom is -0.385 e. The molecule has 0 spiro atoms. The van der Waals surface area contributed by atoms with Crippen LogP contribution in [-0.2, 0) is 11.2 Å². The number of nitrogens with one attached hydrogen (secondary N) is 1. The highest BCUT2D eigenvalue weighted by Crippen LogP contribution is 2.19. The maximum atomic E-state index is 11.6. The standard InChI is InChI=1S/C17H24N2O/c1-19(2)17(20)12-14-8-10-16(11-9-14)18-13-15-6-4-3-5-7-15/h3-4,8-11,15,18H,5-7,12-13H2,1-2H3. The summed E-state index contributed by atoms with van der Waals surface area (Å²) < 4.78 is 0. The van der Waals surface area contributed by atoms with E-state index in [-0.39, 0.29) is 5.91 Å². The summed E-state index contributed by atoms with van der Waals surface area (Å²) in [5.74, 6) is 0.884. The summed E-state index contributed by atoms with van der Waals surface area (Å²) in [4.78, 5) is 13.3. The lowest BCUT2D eigenvalue weighted by atomic mass is 9.94. The van der Waals surface area contributed by atoms with Crippen molar-refractivity contribution in [3.05, 3.63) is 42.0 Å². The number of likely N-dealkylation sites (N-methyl/N-ethyl adjacent to an activating group) is 1. The Morgan fingerprint density at radius 2 is 2.00 bits per heavy atom. The van der Waals surface area contributed by atoms with Gasteiger partial charge in [0.15, 0.2) is 0 Å². The van der Waals surface area contributed by atoms with Gasteiger partial charge < -0.3 is 10.2 Å². The average molecular weight is 272 g/mol. The molecular formula is C17H24N2O. The van der Waals surface area contributed by atoms with Gasteiger partial charge in [-0.05, 0) is 42.9 Å². The second-order valence-electron chi connectivity index (χ2n) is 5.69. The van der Waals surface area contributed by atoms with E-state index in [0.29, 0.717) is 6.42 Å². The zero-order chi connectivity index (χ0) is 14.4. The number of hydrogen-bond donors (Lipinski definition) is 1. The average Bonchev–Trinajstić information content (AvgIpc) is 2.47. The third-order valence-corrected chi connectivity index (χ3v) is 3.78. The second kappa shape index (κ2) is 7.13. The quantitative estimate of drug-likeness (QED) is 0.835. The van der Waals surface area contributed by atoms with Crippen LogP contribution in [0.4, 0.5) is 5.69 Å². The van der Waals surface area contributed by atoms with Crippen LogP contribution in [0.3, 0.4) is 0 Å². The van der Waals surface area contributed by atoms with Crippen molar-refractivity contribution in [3.63, 3.8) is 0 Å². The molecule has 3 nitrogen and oxygen atoms in total. The predicted octanol–water partition coefficient (Wildman–Crippen LogP) is 3.09. The number of amides is 1. The molecule has 108 valence electrons. The second-order valence-corrected chi connectivity index (χ2v) is 5.69. The molecule has 1 aromatic rings. The van der Waals surface area contributed by atoms with Crippen LogP contribution in [0.1, 0.15) is 24.8 Å². The lowest BCUT2D eigenvalue weighted by Gasteiger charge is -2.19. The van der Waals surface area contributed by atoms with Crippen LogP contribution < -0.4 is 5.32 Å². The summed E-state index contributed by atoms with van der Waals surface area (Å²) in [5, 5.41) is 3.49. The van der Waals surface area contributed by atoms with E-state index in [1.807, 2.05) is 12.1 Å². The van der Waals surface area contributed by atoms with Crippen LogP contribution in [0.5, 0.6) is 0 Å². The van der Waals surface area contributed by atoms with Gasteiger partial charge in [0.1, 0.15) is 0 Å². The Bertz CT molecular complexity index is 462. The number of benzene rings is 1. The SMILES string of the molecule is CN(C)C(=O)Cc1ccc(NCC2CC=CCC2)cc1. The third kappa shape index (κ3) is 4.41. The van der Waals surface area contributed by atoms with Gasteiger partial charge in [0.2, 0.25) is 5.91 Å². The molecule has 0 bridgehead atoms. The zero-order valence-corrected chi connectivity index (χ0v) is 12.4. The topological polar surface area (TPSA) is 32.3 Å². The molecule has 1 aliphatic rings. The van der Waals surface area contributed by atoms with E-state index in [4.69, 9.17) is 0 Å². The zero-order valence-electron chi connectivity index (χ0n) is 12.4. The van der Waals surface area contributed by atoms with Crippen LogP contribution in [0, 0.1) is 5.92 Å². The van der Waals surface area contributed by atoms with Crippen molar-refractivity contribution in [3.8, 4) is 0 Å². The number of carbonyl (C=O) groups is 1. The summed E-state index contributed by atoms with van der Waals surface area (Å²) in [6, 6.07) is 8.20. The van der Waals surface area contributed by atoms with Gasteiger partial charge in [-0.2, -0.15) is 0 Å². The van der Waals surface area contributed by atoms with Gasteiger partial charge in [-0.25, -0.2) is 0 Å². The molecule has 0 saturated carbocycles. The first kappa shape index (κ1) is 14.6. The van der Waals surface area contributed by atoms with Crippen LogP contribution in [0.15, 0.2) is 36.4 Å². The molecule has 1 aliphatic carbocycles. The van der Waals surface area contributed by atoms with E-state index < -0.39 is 0 Å². The molecule has 0 aromatic heterocycles. The fourth-order valence-electron chi connectivity index (χ4n) is 2.38. The van der Waals surface area contributed by atoms with Crippen LogP contribution in [-0.4, -0.2) is 31.4 Å². The van der Waals surface area contributed by atoms with Crippen molar-refractivity contribution in [2.75, 3.05) is 26.0 Å². The highest BCUT2D eigenvalue weighted by atomic mass is 16.2. The highest BCUT2D eigenvalue weighted by molar-refractivity contribution is 5.78. The first-order chi connectivity index (χ1) is 9.65. The van der Waals surface area contributed by atoms with Crippen molar-refractivity contribution in [1.29, 1.82) is 0 Å². The van der Waals surface area contributed by atoms with E-state index in [1.54, 1.807) is 19.0 Å². The molecule has 1 amide bonds.